The van der Waals surface area contributed by atoms with Crippen LogP contribution in [0.5, 0.6) is 0 Å². The molecule has 2 N–H and O–H groups in total. The van der Waals surface area contributed by atoms with Crippen molar-refractivity contribution in [3.05, 3.63) is 47.0 Å². The number of rotatable bonds is 5. The molecule has 1 aromatic heterocycles. The SMILES string of the molecule is CN=C(NCc1cnc(N(C)C)n1C)NC(C)c1ccc(C)c(F)c1.I. The summed E-state index contributed by atoms with van der Waals surface area (Å²) in [7, 11) is 7.62. The van der Waals surface area contributed by atoms with E-state index in [1.54, 1.807) is 26.1 Å². The standard InChI is InChI=1S/C18H27FN6.HI/c1-12-7-8-14(9-16(12)19)13(2)23-17(20-3)21-10-15-11-22-18(24(4)5)25(15)6;/h7-9,11,13H,10H2,1-6H3,(H2,20,21,23);1H. The molecule has 1 aromatic carbocycles. The van der Waals surface area contributed by atoms with E-state index in [-0.39, 0.29) is 35.8 Å². The van der Waals surface area contributed by atoms with Crippen molar-refractivity contribution >= 4 is 35.9 Å². The molecule has 8 heteroatoms. The van der Waals surface area contributed by atoms with Crippen LogP contribution in [0.1, 0.15) is 29.8 Å². The average Bonchev–Trinajstić information content (AvgIpc) is 2.94. The lowest BCUT2D eigenvalue weighted by Crippen LogP contribution is -2.38. The number of nitrogens with one attached hydrogen (secondary N) is 2. The number of hydrogen-bond acceptors (Lipinski definition) is 3. The van der Waals surface area contributed by atoms with Gasteiger partial charge in [0.2, 0.25) is 5.95 Å². The van der Waals surface area contributed by atoms with Crippen molar-refractivity contribution in [2.24, 2.45) is 12.0 Å². The number of aliphatic imine (C=N–C) groups is 1. The Labute approximate surface area is 171 Å². The highest BCUT2D eigenvalue weighted by Crippen LogP contribution is 2.16. The summed E-state index contributed by atoms with van der Waals surface area (Å²) in [5, 5.41) is 6.55. The molecule has 0 aliphatic carbocycles. The quantitative estimate of drug-likeness (QED) is 0.398. The third-order valence-corrected chi connectivity index (χ3v) is 4.17. The van der Waals surface area contributed by atoms with Crippen LogP contribution in [-0.2, 0) is 13.6 Å². The minimum absolute atomic E-state index is 0. The van der Waals surface area contributed by atoms with Crippen molar-refractivity contribution in [3.8, 4) is 0 Å². The molecule has 0 fully saturated rings. The highest BCUT2D eigenvalue weighted by atomic mass is 127. The average molecular weight is 474 g/mol. The van der Waals surface area contributed by atoms with Crippen molar-refractivity contribution in [1.29, 1.82) is 0 Å². The fourth-order valence-electron chi connectivity index (χ4n) is 2.55. The number of halogens is 2. The van der Waals surface area contributed by atoms with Gasteiger partial charge in [0.25, 0.3) is 0 Å². The van der Waals surface area contributed by atoms with Crippen LogP contribution in [0.15, 0.2) is 29.4 Å². The van der Waals surface area contributed by atoms with E-state index in [0.29, 0.717) is 18.1 Å². The highest BCUT2D eigenvalue weighted by molar-refractivity contribution is 14.0. The van der Waals surface area contributed by atoms with Crippen LogP contribution < -0.4 is 15.5 Å². The second kappa shape index (κ2) is 9.75. The summed E-state index contributed by atoms with van der Waals surface area (Å²) in [6.07, 6.45) is 1.84. The van der Waals surface area contributed by atoms with Gasteiger partial charge in [0.15, 0.2) is 5.96 Å². The topological polar surface area (TPSA) is 57.5 Å². The van der Waals surface area contributed by atoms with Gasteiger partial charge in [-0.3, -0.25) is 4.99 Å². The maximum absolute atomic E-state index is 13.8. The van der Waals surface area contributed by atoms with E-state index < -0.39 is 0 Å². The predicted octanol–water partition coefficient (Wildman–Crippen LogP) is 2.98. The highest BCUT2D eigenvalue weighted by Gasteiger charge is 2.12. The maximum atomic E-state index is 13.8. The van der Waals surface area contributed by atoms with E-state index in [2.05, 4.69) is 20.6 Å². The van der Waals surface area contributed by atoms with Crippen LogP contribution in [-0.4, -0.2) is 36.7 Å². The molecule has 0 spiro atoms. The Hall–Kier alpha value is -1.84. The van der Waals surface area contributed by atoms with Crippen molar-refractivity contribution in [3.63, 3.8) is 0 Å². The summed E-state index contributed by atoms with van der Waals surface area (Å²) < 4.78 is 15.8. The molecule has 1 atom stereocenters. The third-order valence-electron chi connectivity index (χ3n) is 4.17. The number of aromatic nitrogens is 2. The van der Waals surface area contributed by atoms with Gasteiger partial charge in [0.1, 0.15) is 5.82 Å². The minimum Gasteiger partial charge on any atom is -0.351 e. The van der Waals surface area contributed by atoms with Gasteiger partial charge < -0.3 is 20.1 Å². The van der Waals surface area contributed by atoms with E-state index in [9.17, 15) is 4.39 Å². The van der Waals surface area contributed by atoms with E-state index >= 15 is 0 Å². The van der Waals surface area contributed by atoms with Crippen LogP contribution in [0.3, 0.4) is 0 Å². The number of benzene rings is 1. The van der Waals surface area contributed by atoms with Gasteiger partial charge in [0.05, 0.1) is 24.5 Å². The van der Waals surface area contributed by atoms with Gasteiger partial charge in [-0.2, -0.15) is 0 Å². The number of nitrogens with zero attached hydrogens (tertiary/aromatic N) is 4. The molecule has 0 amide bonds. The van der Waals surface area contributed by atoms with E-state index in [1.807, 2.05) is 49.8 Å². The zero-order valence-corrected chi connectivity index (χ0v) is 18.5. The minimum atomic E-state index is -0.194. The zero-order valence-electron chi connectivity index (χ0n) is 16.2. The summed E-state index contributed by atoms with van der Waals surface area (Å²) in [5.41, 5.74) is 2.56. The first-order valence-electron chi connectivity index (χ1n) is 8.24. The second-order valence-electron chi connectivity index (χ2n) is 6.30. The molecule has 2 aromatic rings. The monoisotopic (exact) mass is 474 g/mol. The fraction of sp³-hybridized carbons (Fsp3) is 0.444. The number of anilines is 1. The van der Waals surface area contributed by atoms with Crippen molar-refractivity contribution in [2.75, 3.05) is 26.0 Å². The molecule has 0 bridgehead atoms. The Bertz CT molecular complexity index is 756. The molecular formula is C18H28FIN6. The largest absolute Gasteiger partial charge is 0.351 e. The first-order valence-corrected chi connectivity index (χ1v) is 8.24. The molecule has 1 heterocycles. The third kappa shape index (κ3) is 5.33. The van der Waals surface area contributed by atoms with Crippen LogP contribution in [0.4, 0.5) is 10.3 Å². The molecule has 0 aliphatic rings. The first-order chi connectivity index (χ1) is 11.8. The van der Waals surface area contributed by atoms with Crippen LogP contribution in [0, 0.1) is 12.7 Å². The van der Waals surface area contributed by atoms with Crippen LogP contribution in [0.2, 0.25) is 0 Å². The Kier molecular flexibility index (Phi) is 8.32. The predicted molar refractivity (Wildman–Crippen MR) is 116 cm³/mol. The lowest BCUT2D eigenvalue weighted by molar-refractivity contribution is 0.607. The second-order valence-corrected chi connectivity index (χ2v) is 6.30. The molecule has 1 unspecified atom stereocenters. The number of guanidine groups is 1. The molecule has 0 aliphatic heterocycles. The Morgan fingerprint density at radius 1 is 1.38 bits per heavy atom. The van der Waals surface area contributed by atoms with Gasteiger partial charge in [0, 0.05) is 28.2 Å². The summed E-state index contributed by atoms with van der Waals surface area (Å²) in [4.78, 5) is 10.6. The lowest BCUT2D eigenvalue weighted by Gasteiger charge is -2.19. The first kappa shape index (κ1) is 22.2. The number of hydrogen-bond donors (Lipinski definition) is 2. The van der Waals surface area contributed by atoms with E-state index in [0.717, 1.165) is 17.2 Å². The zero-order chi connectivity index (χ0) is 18.6. The van der Waals surface area contributed by atoms with E-state index in [4.69, 9.17) is 0 Å². The number of aryl methyl sites for hydroxylation is 1. The Balaban J connectivity index is 0.00000338. The normalized spacial score (nSPS) is 12.3. The molecule has 0 saturated heterocycles. The van der Waals surface area contributed by atoms with Gasteiger partial charge >= 0.3 is 0 Å². The van der Waals surface area contributed by atoms with Crippen LogP contribution >= 0.6 is 24.0 Å². The Morgan fingerprint density at radius 2 is 2.08 bits per heavy atom. The van der Waals surface area contributed by atoms with Crippen molar-refractivity contribution < 1.29 is 4.39 Å². The lowest BCUT2D eigenvalue weighted by atomic mass is 10.1. The summed E-state index contributed by atoms with van der Waals surface area (Å²) in [6, 6.07) is 5.21. The maximum Gasteiger partial charge on any atom is 0.204 e. The molecule has 0 radical (unpaired) electrons. The van der Waals surface area contributed by atoms with Gasteiger partial charge in [-0.15, -0.1) is 24.0 Å². The van der Waals surface area contributed by atoms with Crippen molar-refractivity contribution in [2.45, 2.75) is 26.4 Å². The summed E-state index contributed by atoms with van der Waals surface area (Å²) >= 11 is 0. The summed E-state index contributed by atoms with van der Waals surface area (Å²) in [5.74, 6) is 1.35. The number of imidazole rings is 1. The smallest absolute Gasteiger partial charge is 0.204 e. The molecule has 0 saturated carbocycles. The van der Waals surface area contributed by atoms with Crippen molar-refractivity contribution in [1.82, 2.24) is 20.2 Å². The van der Waals surface area contributed by atoms with Gasteiger partial charge in [-0.1, -0.05) is 12.1 Å². The Morgan fingerprint density at radius 3 is 2.62 bits per heavy atom. The molecule has 2 rings (SSSR count). The van der Waals surface area contributed by atoms with Gasteiger partial charge in [-0.25, -0.2) is 9.37 Å². The molecule has 6 nitrogen and oxygen atoms in total. The van der Waals surface area contributed by atoms with Crippen LogP contribution in [0.25, 0.3) is 0 Å². The molecule has 144 valence electrons. The summed E-state index contributed by atoms with van der Waals surface area (Å²) in [6.45, 7) is 4.32. The molecular weight excluding hydrogens is 446 g/mol. The van der Waals surface area contributed by atoms with Gasteiger partial charge in [-0.05, 0) is 31.0 Å². The molecule has 26 heavy (non-hydrogen) atoms. The fourth-order valence-corrected chi connectivity index (χ4v) is 2.55. The van der Waals surface area contributed by atoms with E-state index in [1.165, 1.54) is 0 Å².